The number of carbonyl (C=O) groups excluding carboxylic acids is 3. The Bertz CT molecular complexity index is 1060. The van der Waals surface area contributed by atoms with Gasteiger partial charge in [0, 0.05) is 48.1 Å². The Morgan fingerprint density at radius 2 is 1.88 bits per heavy atom. The van der Waals surface area contributed by atoms with Crippen molar-refractivity contribution in [1.82, 2.24) is 4.90 Å². The Morgan fingerprint density at radius 1 is 1.22 bits per heavy atom. The van der Waals surface area contributed by atoms with E-state index in [1.165, 1.54) is 0 Å². The number of carbonyl (C=O) groups is 3. The van der Waals surface area contributed by atoms with Crippen molar-refractivity contribution in [2.45, 2.75) is 96.1 Å². The lowest BCUT2D eigenvalue weighted by atomic mass is 9.44. The number of Topliss-reactive ketones (excluding diaryl/α,β-unsaturated/α-hetero) is 1. The molecule has 0 spiro atoms. The summed E-state index contributed by atoms with van der Waals surface area (Å²) in [5.41, 5.74) is 10.1. The number of aliphatic hydroxyl groups is 1. The molecular formula is C32H51N3O5S. The third kappa shape index (κ3) is 5.00. The maximum atomic E-state index is 13.6. The van der Waals surface area contributed by atoms with E-state index in [2.05, 4.69) is 27.4 Å². The molecule has 1 aliphatic heterocycles. The van der Waals surface area contributed by atoms with Crippen molar-refractivity contribution in [2.24, 2.45) is 57.3 Å². The summed E-state index contributed by atoms with van der Waals surface area (Å²) in [5.74, 6) is 1.06. The van der Waals surface area contributed by atoms with Crippen LogP contribution in [-0.4, -0.2) is 76.6 Å². The highest BCUT2D eigenvalue weighted by Crippen LogP contribution is 2.68. The van der Waals surface area contributed by atoms with Gasteiger partial charge >= 0.3 is 5.97 Å². The number of likely N-dealkylation sites (tertiary alicyclic amines) is 1. The molecule has 4 aliphatic carbocycles. The van der Waals surface area contributed by atoms with Gasteiger partial charge in [-0.05, 0) is 67.6 Å². The average molecular weight is 590 g/mol. The Labute approximate surface area is 249 Å². The molecule has 8 nitrogen and oxygen atoms in total. The molecule has 9 heteroatoms. The zero-order valence-corrected chi connectivity index (χ0v) is 26.2. The zero-order chi connectivity index (χ0) is 29.9. The van der Waals surface area contributed by atoms with Gasteiger partial charge in [-0.1, -0.05) is 33.8 Å². The lowest BCUT2D eigenvalue weighted by Gasteiger charge is -2.61. The summed E-state index contributed by atoms with van der Waals surface area (Å²) >= 11 is 1.66. The Balaban J connectivity index is 1.28. The Kier molecular flexibility index (Phi) is 8.51. The van der Waals surface area contributed by atoms with Gasteiger partial charge in [-0.3, -0.25) is 14.4 Å². The van der Waals surface area contributed by atoms with Crippen molar-refractivity contribution < 1.29 is 24.2 Å². The van der Waals surface area contributed by atoms with Gasteiger partial charge in [0.2, 0.25) is 5.91 Å². The highest BCUT2D eigenvalue weighted by Gasteiger charge is 2.68. The van der Waals surface area contributed by atoms with Gasteiger partial charge < -0.3 is 26.2 Å². The number of nitrogens with two attached hydrogens (primary N) is 2. The van der Waals surface area contributed by atoms with Gasteiger partial charge in [0.05, 0.1) is 17.9 Å². The standard InChI is InChI=1S/C32H51N3O5S/c1-6-30(4)13-25(31(5)18(2)7-9-32(19(3)28(30)38)10-8-24(36)27(31)32)40-26(37)17-41-22-11-20-15-35(16-21(20)12-22)29(39)23(34)14-33/h6,18-23,25,27-28,38H,1,7-17,33-34H2,2-5H3/t18-,19+,20?,21?,22?,23-,25-,27+,28+,30-,31+,32+/m1/s1. The van der Waals surface area contributed by atoms with Crippen LogP contribution in [0, 0.1) is 45.8 Å². The number of amides is 1. The monoisotopic (exact) mass is 589 g/mol. The smallest absolute Gasteiger partial charge is 0.316 e. The largest absolute Gasteiger partial charge is 0.461 e. The predicted molar refractivity (Wildman–Crippen MR) is 161 cm³/mol. The fourth-order valence-electron chi connectivity index (χ4n) is 9.78. The van der Waals surface area contributed by atoms with E-state index >= 15 is 0 Å². The first-order chi connectivity index (χ1) is 19.3. The number of ether oxygens (including phenoxy) is 1. The molecule has 2 bridgehead atoms. The minimum atomic E-state index is -0.661. The van der Waals surface area contributed by atoms with Gasteiger partial charge in [0.15, 0.2) is 0 Å². The van der Waals surface area contributed by atoms with Gasteiger partial charge in [-0.2, -0.15) is 0 Å². The second-order valence-electron chi connectivity index (χ2n) is 14.6. The molecule has 0 radical (unpaired) electrons. The number of thioether (sulfide) groups is 1. The number of ketones is 1. The molecule has 2 unspecified atom stereocenters. The summed E-state index contributed by atoms with van der Waals surface area (Å²) in [6.07, 6.45) is 6.33. The normalized spacial score (nSPS) is 46.3. The van der Waals surface area contributed by atoms with Crippen molar-refractivity contribution in [1.29, 1.82) is 0 Å². The van der Waals surface area contributed by atoms with Crippen LogP contribution in [0.5, 0.6) is 0 Å². The maximum absolute atomic E-state index is 13.6. The molecule has 5 N–H and O–H groups in total. The van der Waals surface area contributed by atoms with Gasteiger partial charge in [0.25, 0.3) is 0 Å². The van der Waals surface area contributed by atoms with E-state index in [1.807, 2.05) is 17.9 Å². The summed E-state index contributed by atoms with van der Waals surface area (Å²) in [6, 6.07) is -0.632. The Hall–Kier alpha value is -1.42. The first-order valence-electron chi connectivity index (χ1n) is 15.7. The first kappa shape index (κ1) is 31.0. The molecule has 0 aromatic carbocycles. The van der Waals surface area contributed by atoms with E-state index in [9.17, 15) is 19.5 Å². The van der Waals surface area contributed by atoms with Crippen LogP contribution >= 0.6 is 11.8 Å². The van der Waals surface area contributed by atoms with Gasteiger partial charge in [0.1, 0.15) is 11.9 Å². The van der Waals surface area contributed by atoms with Crippen LogP contribution < -0.4 is 11.5 Å². The second kappa shape index (κ2) is 11.3. The molecule has 41 heavy (non-hydrogen) atoms. The number of fused-ring (bicyclic) bond motifs is 1. The molecule has 5 fully saturated rings. The van der Waals surface area contributed by atoms with Gasteiger partial charge in [-0.25, -0.2) is 0 Å². The van der Waals surface area contributed by atoms with Crippen molar-refractivity contribution >= 4 is 29.4 Å². The van der Waals surface area contributed by atoms with E-state index in [-0.39, 0.29) is 53.1 Å². The van der Waals surface area contributed by atoms with Crippen molar-refractivity contribution in [3.05, 3.63) is 12.7 Å². The van der Waals surface area contributed by atoms with Crippen LogP contribution in [0.15, 0.2) is 12.7 Å². The number of rotatable bonds is 7. The van der Waals surface area contributed by atoms with E-state index < -0.39 is 29.1 Å². The molecule has 0 aromatic heterocycles. The van der Waals surface area contributed by atoms with Crippen molar-refractivity contribution in [3.8, 4) is 0 Å². The first-order valence-corrected chi connectivity index (χ1v) is 16.8. The van der Waals surface area contributed by atoms with Crippen LogP contribution in [0.2, 0.25) is 0 Å². The molecular weight excluding hydrogens is 538 g/mol. The number of nitrogens with zero attached hydrogens (tertiary/aromatic N) is 1. The molecule has 1 amide bonds. The minimum Gasteiger partial charge on any atom is -0.461 e. The molecule has 5 aliphatic rings. The molecule has 5 rings (SSSR count). The second-order valence-corrected chi connectivity index (χ2v) is 15.9. The molecule has 11 atom stereocenters. The predicted octanol–water partition coefficient (Wildman–Crippen LogP) is 3.15. The fourth-order valence-corrected chi connectivity index (χ4v) is 11.0. The Morgan fingerprint density at radius 3 is 2.49 bits per heavy atom. The number of hydrogen-bond acceptors (Lipinski definition) is 8. The van der Waals surface area contributed by atoms with Crippen LogP contribution in [0.3, 0.4) is 0 Å². The SMILES string of the molecule is C=C[C@]1(C)C[C@@H](OC(=O)CSC2CC3CN(C(=O)[C@H](N)CN)CC3C2)[C@]2(C)[C@H](C)CC[C@]3(CCC(=O)[C@H]32)[C@@H](C)[C@@H]1O. The minimum absolute atomic E-state index is 0.0416. The fraction of sp³-hybridized carbons (Fsp3) is 0.844. The topological polar surface area (TPSA) is 136 Å². The van der Waals surface area contributed by atoms with Crippen molar-refractivity contribution in [3.63, 3.8) is 0 Å². The number of hydrogen-bond donors (Lipinski definition) is 3. The maximum Gasteiger partial charge on any atom is 0.316 e. The van der Waals surface area contributed by atoms with Crippen LogP contribution in [0.4, 0.5) is 0 Å². The van der Waals surface area contributed by atoms with Crippen LogP contribution in [0.25, 0.3) is 0 Å². The van der Waals surface area contributed by atoms with Crippen LogP contribution in [-0.2, 0) is 19.1 Å². The lowest BCUT2D eigenvalue weighted by Crippen LogP contribution is -2.63. The molecule has 1 heterocycles. The van der Waals surface area contributed by atoms with E-state index in [0.29, 0.717) is 29.9 Å². The molecule has 1 saturated heterocycles. The number of aliphatic hydroxyl groups excluding tert-OH is 1. The quantitative estimate of drug-likeness (QED) is 0.304. The highest BCUT2D eigenvalue weighted by molar-refractivity contribution is 8.00. The average Bonchev–Trinajstić information content (AvgIpc) is 3.63. The zero-order valence-electron chi connectivity index (χ0n) is 25.3. The summed E-state index contributed by atoms with van der Waals surface area (Å²) in [7, 11) is 0. The van der Waals surface area contributed by atoms with E-state index in [4.69, 9.17) is 16.2 Å². The third-order valence-corrected chi connectivity index (χ3v) is 13.9. The molecule has 0 aromatic rings. The number of esters is 1. The summed E-state index contributed by atoms with van der Waals surface area (Å²) in [5, 5.41) is 12.1. The van der Waals surface area contributed by atoms with Crippen LogP contribution in [0.1, 0.15) is 72.6 Å². The van der Waals surface area contributed by atoms with Gasteiger partial charge in [-0.15, -0.1) is 18.3 Å². The highest BCUT2D eigenvalue weighted by atomic mass is 32.2. The summed E-state index contributed by atoms with van der Waals surface area (Å²) in [4.78, 5) is 41.4. The summed E-state index contributed by atoms with van der Waals surface area (Å²) < 4.78 is 6.41. The van der Waals surface area contributed by atoms with Crippen molar-refractivity contribution in [2.75, 3.05) is 25.4 Å². The van der Waals surface area contributed by atoms with E-state index in [0.717, 1.165) is 45.2 Å². The summed E-state index contributed by atoms with van der Waals surface area (Å²) in [6.45, 7) is 14.2. The molecule has 230 valence electrons. The van der Waals surface area contributed by atoms with E-state index in [1.54, 1.807) is 11.8 Å². The lowest BCUT2D eigenvalue weighted by molar-refractivity contribution is -0.205. The third-order valence-electron chi connectivity index (χ3n) is 12.6. The molecule has 4 saturated carbocycles.